The fourth-order valence-electron chi connectivity index (χ4n) is 2.32. The van der Waals surface area contributed by atoms with Crippen molar-refractivity contribution in [2.45, 2.75) is 50.7 Å². The molecular weight excluding hydrogens is 270 g/mol. The maximum absolute atomic E-state index is 11.2. The second kappa shape index (κ2) is 6.79. The molecule has 1 amide bonds. The van der Waals surface area contributed by atoms with Crippen molar-refractivity contribution in [3.8, 4) is 0 Å². The third kappa shape index (κ3) is 4.41. The first-order valence-corrected chi connectivity index (χ1v) is 7.28. The monoisotopic (exact) mass is 289 g/mol. The van der Waals surface area contributed by atoms with Gasteiger partial charge < -0.3 is 14.8 Å². The van der Waals surface area contributed by atoms with Gasteiger partial charge in [0.25, 0.3) is 0 Å². The van der Waals surface area contributed by atoms with Crippen molar-refractivity contribution >= 4 is 29.6 Å². The lowest BCUT2D eigenvalue weighted by atomic mass is 10.2. The Hall–Kier alpha value is -1.24. The van der Waals surface area contributed by atoms with E-state index in [4.69, 9.17) is 9.47 Å². The highest BCUT2D eigenvalue weighted by atomic mass is 32.2. The van der Waals surface area contributed by atoms with Crippen molar-refractivity contribution in [2.24, 2.45) is 0 Å². The molecule has 19 heavy (non-hydrogen) atoms. The molecule has 1 aliphatic carbocycles. The van der Waals surface area contributed by atoms with Gasteiger partial charge in [-0.15, -0.1) is 0 Å². The third-order valence-electron chi connectivity index (χ3n) is 2.85. The smallest absolute Gasteiger partial charge is 0.303 e. The fraction of sp³-hybridized carbons (Fsp3) is 0.750. The number of carbonyl (C=O) groups excluding carboxylic acids is 3. The lowest BCUT2D eigenvalue weighted by Gasteiger charge is -2.24. The Kier molecular flexibility index (Phi) is 5.65. The summed E-state index contributed by atoms with van der Waals surface area (Å²) in [6.45, 7) is 4.05. The van der Waals surface area contributed by atoms with Crippen LogP contribution in [0.3, 0.4) is 0 Å². The van der Waals surface area contributed by atoms with Gasteiger partial charge in [-0.1, -0.05) is 0 Å². The Balaban J connectivity index is 2.86. The first-order chi connectivity index (χ1) is 8.85. The molecule has 0 aliphatic heterocycles. The Morgan fingerprint density at radius 2 is 1.68 bits per heavy atom. The van der Waals surface area contributed by atoms with Gasteiger partial charge in [0, 0.05) is 33.2 Å². The Labute approximate surface area is 116 Å². The summed E-state index contributed by atoms with van der Waals surface area (Å²) in [5.74, 6) is -1.01. The van der Waals surface area contributed by atoms with Gasteiger partial charge in [0.05, 0.1) is 5.25 Å². The van der Waals surface area contributed by atoms with E-state index in [2.05, 4.69) is 5.32 Å². The number of carbonyl (C=O) groups is 3. The molecule has 1 fully saturated rings. The first kappa shape index (κ1) is 15.8. The second-order valence-corrected chi connectivity index (χ2v) is 5.48. The van der Waals surface area contributed by atoms with Crippen LogP contribution in [-0.2, 0) is 23.9 Å². The van der Waals surface area contributed by atoms with E-state index in [1.54, 1.807) is 0 Å². The van der Waals surface area contributed by atoms with Crippen molar-refractivity contribution in [1.29, 1.82) is 0 Å². The van der Waals surface area contributed by atoms with Crippen LogP contribution in [0.15, 0.2) is 0 Å². The van der Waals surface area contributed by atoms with Crippen LogP contribution >= 0.6 is 11.8 Å². The van der Waals surface area contributed by atoms with E-state index >= 15 is 0 Å². The number of amides is 1. The molecule has 0 aromatic carbocycles. The van der Waals surface area contributed by atoms with Gasteiger partial charge in [0.2, 0.25) is 5.91 Å². The van der Waals surface area contributed by atoms with Crippen LogP contribution in [0.1, 0.15) is 27.2 Å². The van der Waals surface area contributed by atoms with Crippen molar-refractivity contribution in [3.63, 3.8) is 0 Å². The normalized spacial score (nSPS) is 29.7. The van der Waals surface area contributed by atoms with Crippen LogP contribution < -0.4 is 5.32 Å². The van der Waals surface area contributed by atoms with Gasteiger partial charge in [0.15, 0.2) is 6.10 Å². The SMILES string of the molecule is CS[C@H]1[C@H](OC(C)=O)[C@H](OC(C)=O)C[C@@H]1NC(C)=O. The number of rotatable bonds is 4. The molecule has 0 heterocycles. The van der Waals surface area contributed by atoms with E-state index in [1.807, 2.05) is 6.26 Å². The molecule has 0 saturated heterocycles. The van der Waals surface area contributed by atoms with Crippen LogP contribution in [-0.4, -0.2) is 47.6 Å². The topological polar surface area (TPSA) is 81.7 Å². The predicted octanol–water partition coefficient (Wildman–Crippen LogP) is 0.490. The molecule has 0 aromatic rings. The highest BCUT2D eigenvalue weighted by molar-refractivity contribution is 7.99. The van der Waals surface area contributed by atoms with Gasteiger partial charge >= 0.3 is 11.9 Å². The minimum Gasteiger partial charge on any atom is -0.458 e. The zero-order chi connectivity index (χ0) is 14.6. The molecular formula is C12H19NO5S. The molecule has 108 valence electrons. The number of esters is 2. The van der Waals surface area contributed by atoms with Gasteiger partial charge in [-0.3, -0.25) is 14.4 Å². The van der Waals surface area contributed by atoms with E-state index in [0.717, 1.165) is 0 Å². The molecule has 1 saturated carbocycles. The maximum Gasteiger partial charge on any atom is 0.303 e. The zero-order valence-corrected chi connectivity index (χ0v) is 12.3. The van der Waals surface area contributed by atoms with Crippen LogP contribution in [0.4, 0.5) is 0 Å². The molecule has 0 aromatic heterocycles. The number of hydrogen-bond donors (Lipinski definition) is 1. The van der Waals surface area contributed by atoms with Gasteiger partial charge in [-0.2, -0.15) is 11.8 Å². The van der Waals surface area contributed by atoms with E-state index in [9.17, 15) is 14.4 Å². The van der Waals surface area contributed by atoms with Crippen molar-refractivity contribution in [1.82, 2.24) is 5.32 Å². The molecule has 6 nitrogen and oxygen atoms in total. The lowest BCUT2D eigenvalue weighted by molar-refractivity contribution is -0.162. The molecule has 0 unspecified atom stereocenters. The Bertz CT molecular complexity index is 373. The summed E-state index contributed by atoms with van der Waals surface area (Å²) in [7, 11) is 0. The summed E-state index contributed by atoms with van der Waals surface area (Å²) in [4.78, 5) is 33.4. The van der Waals surface area contributed by atoms with E-state index in [0.29, 0.717) is 6.42 Å². The lowest BCUT2D eigenvalue weighted by Crippen LogP contribution is -2.42. The third-order valence-corrected chi connectivity index (χ3v) is 3.99. The van der Waals surface area contributed by atoms with Crippen LogP contribution in [0.5, 0.6) is 0 Å². The summed E-state index contributed by atoms with van der Waals surface area (Å²) in [6, 6.07) is -0.179. The molecule has 0 spiro atoms. The number of hydrogen-bond acceptors (Lipinski definition) is 6. The molecule has 1 N–H and O–H groups in total. The van der Waals surface area contributed by atoms with E-state index in [1.165, 1.54) is 32.5 Å². The number of nitrogens with one attached hydrogen (secondary N) is 1. The standard InChI is InChI=1S/C12H19NO5S/c1-6(14)13-9-5-10(17-7(2)15)11(12(9)19-4)18-8(3)16/h9-12H,5H2,1-4H3,(H,13,14)/t9-,10+,11+,12+/m0/s1. The predicted molar refractivity (Wildman–Crippen MR) is 70.6 cm³/mol. The summed E-state index contributed by atoms with van der Waals surface area (Å²) >= 11 is 1.48. The molecule has 1 rings (SSSR count). The maximum atomic E-state index is 11.2. The average molecular weight is 289 g/mol. The Morgan fingerprint density at radius 3 is 2.11 bits per heavy atom. The fourth-order valence-corrected chi connectivity index (χ4v) is 3.33. The highest BCUT2D eigenvalue weighted by Crippen LogP contribution is 2.33. The summed E-state index contributed by atoms with van der Waals surface area (Å²) in [5.41, 5.74) is 0. The molecule has 0 bridgehead atoms. The minimum absolute atomic E-state index is 0.128. The molecule has 0 radical (unpaired) electrons. The summed E-state index contributed by atoms with van der Waals surface area (Å²) in [5, 5.41) is 2.68. The molecule has 1 aliphatic rings. The van der Waals surface area contributed by atoms with Gasteiger partial charge in [-0.05, 0) is 6.26 Å². The summed E-state index contributed by atoms with van der Waals surface area (Å²) < 4.78 is 10.4. The second-order valence-electron chi connectivity index (χ2n) is 4.46. The van der Waals surface area contributed by atoms with Crippen LogP contribution in [0.2, 0.25) is 0 Å². The first-order valence-electron chi connectivity index (χ1n) is 5.99. The molecule has 4 atom stereocenters. The van der Waals surface area contributed by atoms with Crippen LogP contribution in [0, 0.1) is 0 Å². The zero-order valence-electron chi connectivity index (χ0n) is 11.5. The van der Waals surface area contributed by atoms with Crippen molar-refractivity contribution in [2.75, 3.05) is 6.26 Å². The van der Waals surface area contributed by atoms with Gasteiger partial charge in [-0.25, -0.2) is 0 Å². The quantitative estimate of drug-likeness (QED) is 0.759. The number of thioether (sulfide) groups is 1. The van der Waals surface area contributed by atoms with E-state index in [-0.39, 0.29) is 17.2 Å². The van der Waals surface area contributed by atoms with E-state index < -0.39 is 24.1 Å². The van der Waals surface area contributed by atoms with Gasteiger partial charge in [0.1, 0.15) is 6.10 Å². The average Bonchev–Trinajstić information content (AvgIpc) is 2.53. The van der Waals surface area contributed by atoms with Crippen molar-refractivity contribution < 1.29 is 23.9 Å². The molecule has 7 heteroatoms. The highest BCUT2D eigenvalue weighted by Gasteiger charge is 2.47. The Morgan fingerprint density at radius 1 is 1.11 bits per heavy atom. The summed E-state index contributed by atoms with van der Waals surface area (Å²) in [6.07, 6.45) is 1.26. The van der Waals surface area contributed by atoms with Crippen LogP contribution in [0.25, 0.3) is 0 Å². The largest absolute Gasteiger partial charge is 0.458 e. The minimum atomic E-state index is -0.534. The van der Waals surface area contributed by atoms with Crippen molar-refractivity contribution in [3.05, 3.63) is 0 Å². The number of ether oxygens (including phenoxy) is 2.